The second-order valence-corrected chi connectivity index (χ2v) is 8.03. The minimum atomic E-state index is -0.674. The van der Waals surface area contributed by atoms with Gasteiger partial charge >= 0.3 is 0 Å². The zero-order chi connectivity index (χ0) is 25.5. The second kappa shape index (κ2) is 11.3. The molecule has 1 fully saturated rings. The molecule has 0 aliphatic carbocycles. The number of aromatic nitrogens is 2. The Morgan fingerprint density at radius 1 is 0.917 bits per heavy atom. The number of piperazine rings is 1. The molecule has 2 aromatic carbocycles. The summed E-state index contributed by atoms with van der Waals surface area (Å²) in [6.45, 7) is 2.04. The number of carbonyl (C=O) groups is 2. The molecule has 0 spiro atoms. The van der Waals surface area contributed by atoms with Gasteiger partial charge in [0.1, 0.15) is 0 Å². The number of nitrogens with one attached hydrogen (secondary N) is 1. The van der Waals surface area contributed by atoms with Crippen LogP contribution in [0, 0.1) is 0 Å². The molecule has 0 saturated carbocycles. The number of rotatable bonds is 7. The van der Waals surface area contributed by atoms with Crippen LogP contribution >= 0.6 is 0 Å². The van der Waals surface area contributed by atoms with Gasteiger partial charge in [-0.25, -0.2) is 15.4 Å². The third kappa shape index (κ3) is 5.44. The number of carbonyl (C=O) groups excluding carboxylic acids is 2. The largest absolute Gasteiger partial charge is 0.493 e. The van der Waals surface area contributed by atoms with Crippen LogP contribution in [0.25, 0.3) is 11.6 Å². The molecule has 186 valence electrons. The van der Waals surface area contributed by atoms with E-state index in [0.29, 0.717) is 49.2 Å². The molecule has 0 atom stereocenters. The number of hydrogen-bond donors (Lipinski definition) is 2. The third-order valence-corrected chi connectivity index (χ3v) is 5.89. The number of methoxy groups -OCH3 is 2. The Labute approximate surface area is 208 Å². The van der Waals surface area contributed by atoms with E-state index in [9.17, 15) is 9.59 Å². The highest BCUT2D eigenvalue weighted by Gasteiger charge is 2.26. The summed E-state index contributed by atoms with van der Waals surface area (Å²) in [4.78, 5) is 37.3. The van der Waals surface area contributed by atoms with E-state index >= 15 is 0 Å². The maximum absolute atomic E-state index is 13.7. The summed E-state index contributed by atoms with van der Waals surface area (Å²) in [7, 11) is 3.16. The van der Waals surface area contributed by atoms with Crippen LogP contribution in [0.1, 0.15) is 21.5 Å². The van der Waals surface area contributed by atoms with E-state index in [1.54, 1.807) is 19.7 Å². The molecule has 4 rings (SSSR count). The van der Waals surface area contributed by atoms with Crippen molar-refractivity contribution in [2.24, 2.45) is 0 Å². The predicted octanol–water partition coefficient (Wildman–Crippen LogP) is 2.50. The summed E-state index contributed by atoms with van der Waals surface area (Å²) in [6.07, 6.45) is 4.57. The Bertz CT molecular complexity index is 1240. The minimum Gasteiger partial charge on any atom is -0.493 e. The summed E-state index contributed by atoms with van der Waals surface area (Å²) in [5.74, 6) is 0.909. The first-order valence-corrected chi connectivity index (χ1v) is 11.3. The Hall–Kier alpha value is -4.44. The van der Waals surface area contributed by atoms with Crippen LogP contribution in [0.4, 0.5) is 5.95 Å². The monoisotopic (exact) mass is 489 g/mol. The summed E-state index contributed by atoms with van der Waals surface area (Å²) >= 11 is 0. The van der Waals surface area contributed by atoms with Crippen molar-refractivity contribution in [3.05, 3.63) is 77.6 Å². The van der Waals surface area contributed by atoms with Crippen molar-refractivity contribution in [1.82, 2.24) is 20.3 Å². The number of hydroxylamine groups is 1. The lowest BCUT2D eigenvalue weighted by atomic mass is 10.0. The van der Waals surface area contributed by atoms with Crippen molar-refractivity contribution < 1.29 is 24.3 Å². The van der Waals surface area contributed by atoms with Gasteiger partial charge in [0.05, 0.1) is 19.8 Å². The Kier molecular flexibility index (Phi) is 7.76. The van der Waals surface area contributed by atoms with E-state index in [1.807, 2.05) is 64.4 Å². The van der Waals surface area contributed by atoms with Crippen molar-refractivity contribution in [1.29, 1.82) is 0 Å². The molecule has 2 heterocycles. The van der Waals surface area contributed by atoms with Crippen molar-refractivity contribution >= 4 is 29.4 Å². The minimum absolute atomic E-state index is 0.0773. The molecule has 0 unspecified atom stereocenters. The van der Waals surface area contributed by atoms with E-state index in [2.05, 4.69) is 9.97 Å². The lowest BCUT2D eigenvalue weighted by Crippen LogP contribution is -2.49. The number of hydrogen-bond acceptors (Lipinski definition) is 8. The van der Waals surface area contributed by atoms with Gasteiger partial charge in [-0.05, 0) is 29.3 Å². The fourth-order valence-corrected chi connectivity index (χ4v) is 3.94. The second-order valence-electron chi connectivity index (χ2n) is 8.03. The fourth-order valence-electron chi connectivity index (χ4n) is 3.94. The van der Waals surface area contributed by atoms with E-state index in [0.717, 1.165) is 11.1 Å². The van der Waals surface area contributed by atoms with Gasteiger partial charge in [0.2, 0.25) is 5.95 Å². The highest BCUT2D eigenvalue weighted by atomic mass is 16.5. The zero-order valence-corrected chi connectivity index (χ0v) is 20.0. The van der Waals surface area contributed by atoms with Gasteiger partial charge in [-0.2, -0.15) is 0 Å². The molecule has 1 aliphatic rings. The van der Waals surface area contributed by atoms with Crippen LogP contribution in [-0.2, 0) is 4.79 Å². The molecule has 0 radical (unpaired) electrons. The molecule has 10 nitrogen and oxygen atoms in total. The van der Waals surface area contributed by atoms with Gasteiger partial charge in [-0.3, -0.25) is 14.8 Å². The molecule has 1 aliphatic heterocycles. The first-order chi connectivity index (χ1) is 17.5. The molecule has 0 bridgehead atoms. The summed E-state index contributed by atoms with van der Waals surface area (Å²) < 4.78 is 10.7. The third-order valence-electron chi connectivity index (χ3n) is 5.89. The van der Waals surface area contributed by atoms with Gasteiger partial charge in [0.15, 0.2) is 11.5 Å². The molecule has 3 aromatic rings. The SMILES string of the molecule is COc1ccc(C=C(C(=O)N2CCN(c3ncc(C(=O)NO)cn3)CC2)c2ccccc2)cc1OC. The lowest BCUT2D eigenvalue weighted by Gasteiger charge is -2.35. The zero-order valence-electron chi connectivity index (χ0n) is 20.0. The standard InChI is InChI=1S/C26H27N5O5/c1-35-22-9-8-18(15-23(22)36-2)14-21(19-6-4-3-5-7-19)25(33)30-10-12-31(13-11-30)26-27-16-20(17-28-26)24(32)29-34/h3-9,14-17,34H,10-13H2,1-2H3,(H,29,32). The van der Waals surface area contributed by atoms with Crippen LogP contribution in [0.3, 0.4) is 0 Å². The summed E-state index contributed by atoms with van der Waals surface area (Å²) in [6, 6.07) is 15.1. The van der Waals surface area contributed by atoms with Gasteiger partial charge < -0.3 is 19.3 Å². The van der Waals surface area contributed by atoms with Crippen LogP contribution in [0.5, 0.6) is 11.5 Å². The predicted molar refractivity (Wildman–Crippen MR) is 134 cm³/mol. The quantitative estimate of drug-likeness (QED) is 0.225. The Balaban J connectivity index is 1.53. The summed E-state index contributed by atoms with van der Waals surface area (Å²) in [5, 5.41) is 8.74. The Morgan fingerprint density at radius 3 is 2.19 bits per heavy atom. The van der Waals surface area contributed by atoms with Gasteiger partial charge in [-0.15, -0.1) is 0 Å². The topological polar surface area (TPSA) is 117 Å². The van der Waals surface area contributed by atoms with E-state index in [-0.39, 0.29) is 11.5 Å². The average molecular weight is 490 g/mol. The average Bonchev–Trinajstić information content (AvgIpc) is 2.95. The fraction of sp³-hybridized carbons (Fsp3) is 0.231. The van der Waals surface area contributed by atoms with Crippen LogP contribution < -0.4 is 19.9 Å². The number of anilines is 1. The molecule has 36 heavy (non-hydrogen) atoms. The Morgan fingerprint density at radius 2 is 1.58 bits per heavy atom. The maximum atomic E-state index is 13.7. The van der Waals surface area contributed by atoms with Crippen molar-refractivity contribution in [2.75, 3.05) is 45.3 Å². The number of ether oxygens (including phenoxy) is 2. The van der Waals surface area contributed by atoms with E-state index in [1.165, 1.54) is 12.4 Å². The van der Waals surface area contributed by atoms with E-state index < -0.39 is 5.91 Å². The van der Waals surface area contributed by atoms with Gasteiger partial charge in [-0.1, -0.05) is 36.4 Å². The molecular formula is C26H27N5O5. The molecule has 10 heteroatoms. The molecule has 1 aromatic heterocycles. The lowest BCUT2D eigenvalue weighted by molar-refractivity contribution is -0.125. The highest BCUT2D eigenvalue weighted by molar-refractivity contribution is 6.24. The van der Waals surface area contributed by atoms with Crippen molar-refractivity contribution in [2.45, 2.75) is 0 Å². The molecule has 2 amide bonds. The number of nitrogens with zero attached hydrogens (tertiary/aromatic N) is 4. The molecule has 2 N–H and O–H groups in total. The van der Waals surface area contributed by atoms with Crippen LogP contribution in [-0.4, -0.2) is 72.3 Å². The molecular weight excluding hydrogens is 462 g/mol. The first kappa shape index (κ1) is 24.7. The van der Waals surface area contributed by atoms with Crippen molar-refractivity contribution in [3.63, 3.8) is 0 Å². The van der Waals surface area contributed by atoms with Gasteiger partial charge in [0.25, 0.3) is 11.8 Å². The highest BCUT2D eigenvalue weighted by Crippen LogP contribution is 2.30. The number of amides is 2. The summed E-state index contributed by atoms with van der Waals surface area (Å²) in [5.41, 5.74) is 3.93. The van der Waals surface area contributed by atoms with Crippen molar-refractivity contribution in [3.8, 4) is 11.5 Å². The normalized spacial score (nSPS) is 13.8. The van der Waals surface area contributed by atoms with Crippen LogP contribution in [0.15, 0.2) is 60.9 Å². The van der Waals surface area contributed by atoms with Crippen LogP contribution in [0.2, 0.25) is 0 Å². The van der Waals surface area contributed by atoms with Gasteiger partial charge in [0, 0.05) is 44.1 Å². The molecule has 1 saturated heterocycles. The maximum Gasteiger partial charge on any atom is 0.277 e. The smallest absolute Gasteiger partial charge is 0.277 e. The first-order valence-electron chi connectivity index (χ1n) is 11.3. The number of benzene rings is 2. The van der Waals surface area contributed by atoms with E-state index in [4.69, 9.17) is 14.7 Å².